The van der Waals surface area contributed by atoms with Crippen molar-refractivity contribution in [1.29, 1.82) is 0 Å². The molecule has 3 N–H and O–H groups in total. The number of aliphatic hydroxyl groups is 1. The van der Waals surface area contributed by atoms with Gasteiger partial charge in [0.15, 0.2) is 0 Å². The molecule has 7 heteroatoms. The molecule has 0 spiro atoms. The number of hydrogen-bond acceptors (Lipinski definition) is 5. The van der Waals surface area contributed by atoms with Crippen LogP contribution in [0.2, 0.25) is 0 Å². The summed E-state index contributed by atoms with van der Waals surface area (Å²) in [5, 5.41) is 13.2. The van der Waals surface area contributed by atoms with Crippen molar-refractivity contribution < 1.29 is 18.3 Å². The lowest BCUT2D eigenvalue weighted by Gasteiger charge is -2.17. The molecule has 1 atom stereocenters. The molecule has 0 amide bonds. The SMILES string of the molecule is CCNC[C@H](O)c1ccc(OCc2ccccc2)c(NS(C)(=O)=O)c1. The van der Waals surface area contributed by atoms with E-state index in [4.69, 9.17) is 4.74 Å². The van der Waals surface area contributed by atoms with Gasteiger partial charge in [-0.2, -0.15) is 0 Å². The molecule has 2 aromatic carbocycles. The van der Waals surface area contributed by atoms with Gasteiger partial charge < -0.3 is 15.2 Å². The predicted octanol–water partition coefficient (Wildman–Crippen LogP) is 2.28. The van der Waals surface area contributed by atoms with Crippen molar-refractivity contribution in [3.05, 3.63) is 59.7 Å². The zero-order valence-electron chi connectivity index (χ0n) is 14.4. The van der Waals surface area contributed by atoms with E-state index in [1.807, 2.05) is 37.3 Å². The van der Waals surface area contributed by atoms with Gasteiger partial charge in [0.05, 0.1) is 18.0 Å². The summed E-state index contributed by atoms with van der Waals surface area (Å²) in [5.41, 5.74) is 1.90. The number of anilines is 1. The van der Waals surface area contributed by atoms with E-state index in [9.17, 15) is 13.5 Å². The van der Waals surface area contributed by atoms with Gasteiger partial charge in [-0.05, 0) is 29.8 Å². The summed E-state index contributed by atoms with van der Waals surface area (Å²) in [6.07, 6.45) is 0.346. The van der Waals surface area contributed by atoms with Gasteiger partial charge in [-0.1, -0.05) is 43.3 Å². The van der Waals surface area contributed by atoms with Gasteiger partial charge in [0, 0.05) is 6.54 Å². The highest BCUT2D eigenvalue weighted by atomic mass is 32.2. The number of benzene rings is 2. The summed E-state index contributed by atoms with van der Waals surface area (Å²) in [7, 11) is -3.47. The predicted molar refractivity (Wildman–Crippen MR) is 99.2 cm³/mol. The van der Waals surface area contributed by atoms with Crippen molar-refractivity contribution in [2.45, 2.75) is 19.6 Å². The maximum Gasteiger partial charge on any atom is 0.229 e. The molecular formula is C18H24N2O4S. The van der Waals surface area contributed by atoms with Gasteiger partial charge in [0.2, 0.25) is 10.0 Å². The third-order valence-electron chi connectivity index (χ3n) is 3.51. The van der Waals surface area contributed by atoms with Crippen LogP contribution in [-0.2, 0) is 16.6 Å². The van der Waals surface area contributed by atoms with Crippen LogP contribution in [0.1, 0.15) is 24.2 Å². The number of nitrogens with one attached hydrogen (secondary N) is 2. The third-order valence-corrected chi connectivity index (χ3v) is 4.10. The number of likely N-dealkylation sites (N-methyl/N-ethyl adjacent to an activating group) is 1. The number of hydrogen-bond donors (Lipinski definition) is 3. The molecule has 0 saturated heterocycles. The first-order valence-electron chi connectivity index (χ1n) is 8.06. The summed E-state index contributed by atoms with van der Waals surface area (Å²) < 4.78 is 31.5. The average molecular weight is 364 g/mol. The molecule has 6 nitrogen and oxygen atoms in total. The molecule has 0 bridgehead atoms. The van der Waals surface area contributed by atoms with E-state index in [1.165, 1.54) is 0 Å². The summed E-state index contributed by atoms with van der Waals surface area (Å²) in [4.78, 5) is 0. The zero-order chi connectivity index (χ0) is 18.3. The van der Waals surface area contributed by atoms with Crippen molar-refractivity contribution in [1.82, 2.24) is 5.32 Å². The molecule has 0 aliphatic heterocycles. The van der Waals surface area contributed by atoms with Crippen LogP contribution in [-0.4, -0.2) is 32.9 Å². The van der Waals surface area contributed by atoms with Gasteiger partial charge >= 0.3 is 0 Å². The molecule has 0 aliphatic carbocycles. The molecule has 0 unspecified atom stereocenters. The maximum absolute atomic E-state index is 11.6. The Morgan fingerprint density at radius 3 is 2.52 bits per heavy atom. The van der Waals surface area contributed by atoms with E-state index in [2.05, 4.69) is 10.0 Å². The van der Waals surface area contributed by atoms with Gasteiger partial charge in [-0.3, -0.25) is 4.72 Å². The Labute approximate surface area is 148 Å². The largest absolute Gasteiger partial charge is 0.487 e. The van der Waals surface area contributed by atoms with Crippen molar-refractivity contribution in [3.8, 4) is 5.75 Å². The Morgan fingerprint density at radius 1 is 1.16 bits per heavy atom. The van der Waals surface area contributed by atoms with Crippen molar-refractivity contribution in [2.75, 3.05) is 24.1 Å². The number of ether oxygens (including phenoxy) is 1. The first-order chi connectivity index (χ1) is 11.9. The third kappa shape index (κ3) is 6.38. The van der Waals surface area contributed by atoms with E-state index in [0.717, 1.165) is 18.4 Å². The average Bonchev–Trinajstić information content (AvgIpc) is 2.58. The van der Waals surface area contributed by atoms with E-state index >= 15 is 0 Å². The van der Waals surface area contributed by atoms with E-state index in [1.54, 1.807) is 18.2 Å². The Balaban J connectivity index is 2.21. The fourth-order valence-corrected chi connectivity index (χ4v) is 2.85. The second kappa shape index (κ2) is 8.84. The van der Waals surface area contributed by atoms with Crippen LogP contribution in [0, 0.1) is 0 Å². The fraction of sp³-hybridized carbons (Fsp3) is 0.333. The molecule has 0 aliphatic rings. The summed E-state index contributed by atoms with van der Waals surface area (Å²) in [5.74, 6) is 0.411. The van der Waals surface area contributed by atoms with Gasteiger partial charge in [0.1, 0.15) is 12.4 Å². The molecule has 0 fully saturated rings. The molecule has 25 heavy (non-hydrogen) atoms. The summed E-state index contributed by atoms with van der Waals surface area (Å²) in [6.45, 7) is 3.39. The van der Waals surface area contributed by atoms with Crippen LogP contribution in [0.3, 0.4) is 0 Å². The smallest absolute Gasteiger partial charge is 0.229 e. The minimum atomic E-state index is -3.47. The first kappa shape index (κ1) is 19.2. The van der Waals surface area contributed by atoms with Gasteiger partial charge in [-0.15, -0.1) is 0 Å². The number of aliphatic hydroxyl groups excluding tert-OH is 1. The molecule has 0 aromatic heterocycles. The topological polar surface area (TPSA) is 87.7 Å². The Bertz CT molecular complexity index is 779. The second-order valence-corrected chi connectivity index (χ2v) is 7.48. The van der Waals surface area contributed by atoms with E-state index < -0.39 is 16.1 Å². The lowest BCUT2D eigenvalue weighted by Crippen LogP contribution is -2.21. The summed E-state index contributed by atoms with van der Waals surface area (Å²) >= 11 is 0. The first-order valence-corrected chi connectivity index (χ1v) is 9.95. The Morgan fingerprint density at radius 2 is 1.88 bits per heavy atom. The van der Waals surface area contributed by atoms with Crippen molar-refractivity contribution >= 4 is 15.7 Å². The standard InChI is InChI=1S/C18H24N2O4S/c1-3-19-12-17(21)15-9-10-18(16(11-15)20-25(2,22)23)24-13-14-7-5-4-6-8-14/h4-11,17,19-21H,3,12-13H2,1-2H3/t17-/m0/s1. The Kier molecular flexibility index (Phi) is 6.81. The fourth-order valence-electron chi connectivity index (χ4n) is 2.29. The zero-order valence-corrected chi connectivity index (χ0v) is 15.2. The molecule has 0 radical (unpaired) electrons. The molecule has 2 aromatic rings. The van der Waals surface area contributed by atoms with Crippen LogP contribution in [0.5, 0.6) is 5.75 Å². The molecule has 0 saturated carbocycles. The monoisotopic (exact) mass is 364 g/mol. The highest BCUT2D eigenvalue weighted by Crippen LogP contribution is 2.29. The molecule has 2 rings (SSSR count). The lowest BCUT2D eigenvalue weighted by molar-refractivity contribution is 0.175. The van der Waals surface area contributed by atoms with Crippen LogP contribution >= 0.6 is 0 Å². The molecule has 0 heterocycles. The lowest BCUT2D eigenvalue weighted by atomic mass is 10.1. The number of sulfonamides is 1. The van der Waals surface area contributed by atoms with Crippen LogP contribution in [0.25, 0.3) is 0 Å². The second-order valence-electron chi connectivity index (χ2n) is 5.73. The van der Waals surface area contributed by atoms with E-state index in [0.29, 0.717) is 30.2 Å². The maximum atomic E-state index is 11.6. The highest BCUT2D eigenvalue weighted by molar-refractivity contribution is 7.92. The van der Waals surface area contributed by atoms with Gasteiger partial charge in [-0.25, -0.2) is 8.42 Å². The molecular weight excluding hydrogens is 340 g/mol. The van der Waals surface area contributed by atoms with Crippen molar-refractivity contribution in [2.24, 2.45) is 0 Å². The van der Waals surface area contributed by atoms with Crippen molar-refractivity contribution in [3.63, 3.8) is 0 Å². The van der Waals surface area contributed by atoms with Gasteiger partial charge in [0.25, 0.3) is 0 Å². The quantitative estimate of drug-likeness (QED) is 0.635. The number of rotatable bonds is 9. The van der Waals surface area contributed by atoms with Crippen LogP contribution < -0.4 is 14.8 Å². The minimum Gasteiger partial charge on any atom is -0.487 e. The van der Waals surface area contributed by atoms with Crippen LogP contribution in [0.4, 0.5) is 5.69 Å². The minimum absolute atomic E-state index is 0.312. The summed E-state index contributed by atoms with van der Waals surface area (Å²) in [6, 6.07) is 14.6. The normalized spacial score (nSPS) is 12.6. The van der Waals surface area contributed by atoms with E-state index in [-0.39, 0.29) is 0 Å². The highest BCUT2D eigenvalue weighted by Gasteiger charge is 2.14. The van der Waals surface area contributed by atoms with Crippen LogP contribution in [0.15, 0.2) is 48.5 Å². The molecule has 136 valence electrons. The Hall–Kier alpha value is -2.09.